The molecule has 3 heteroatoms. The van der Waals surface area contributed by atoms with E-state index in [1.165, 1.54) is 0 Å². The van der Waals surface area contributed by atoms with Crippen LogP contribution in [-0.4, -0.2) is 26.9 Å². The summed E-state index contributed by atoms with van der Waals surface area (Å²) in [7, 11) is 3.43. The molecule has 0 aliphatic heterocycles. The van der Waals surface area contributed by atoms with Crippen molar-refractivity contribution in [1.29, 1.82) is 0 Å². The summed E-state index contributed by atoms with van der Waals surface area (Å²) in [5.41, 5.74) is 0. The van der Waals surface area contributed by atoms with Gasteiger partial charge in [0.05, 0.1) is 13.7 Å². The second-order valence-corrected chi connectivity index (χ2v) is 4.12. The maximum atomic E-state index is 5.64. The highest BCUT2D eigenvalue weighted by Crippen LogP contribution is 2.36. The average molecular weight is 214 g/mol. The third-order valence-corrected chi connectivity index (χ3v) is 3.22. The summed E-state index contributed by atoms with van der Waals surface area (Å²) >= 11 is 0. The Bertz CT molecular complexity index is 235. The Morgan fingerprint density at radius 3 is 2.40 bits per heavy atom. The lowest BCUT2D eigenvalue weighted by Gasteiger charge is -2.35. The summed E-state index contributed by atoms with van der Waals surface area (Å²) in [6, 6.07) is 0. The summed E-state index contributed by atoms with van der Waals surface area (Å²) in [6.07, 6.45) is 0.969. The van der Waals surface area contributed by atoms with Gasteiger partial charge in [-0.1, -0.05) is 13.8 Å². The van der Waals surface area contributed by atoms with E-state index in [0.717, 1.165) is 17.9 Å². The molecule has 3 atom stereocenters. The Morgan fingerprint density at radius 2 is 1.93 bits per heavy atom. The fourth-order valence-electron chi connectivity index (χ4n) is 2.10. The molecule has 0 saturated heterocycles. The van der Waals surface area contributed by atoms with Gasteiger partial charge in [0.25, 0.3) is 0 Å². The molecule has 1 aliphatic carbocycles. The average Bonchev–Trinajstić information content (AvgIpc) is 2.24. The first-order chi connectivity index (χ1) is 7.15. The monoisotopic (exact) mass is 214 g/mol. The first kappa shape index (κ1) is 12.4. The van der Waals surface area contributed by atoms with E-state index in [4.69, 9.17) is 14.2 Å². The van der Waals surface area contributed by atoms with Gasteiger partial charge in [-0.25, -0.2) is 0 Å². The largest absolute Gasteiger partial charge is 0.497 e. The van der Waals surface area contributed by atoms with Gasteiger partial charge in [0.15, 0.2) is 5.76 Å². The van der Waals surface area contributed by atoms with Gasteiger partial charge in [-0.3, -0.25) is 0 Å². The van der Waals surface area contributed by atoms with Crippen molar-refractivity contribution in [3.63, 3.8) is 0 Å². The molecule has 0 aromatic rings. The van der Waals surface area contributed by atoms with E-state index >= 15 is 0 Å². The molecule has 1 rings (SSSR count). The smallest absolute Gasteiger partial charge is 0.162 e. The summed E-state index contributed by atoms with van der Waals surface area (Å²) in [5, 5.41) is 0. The highest BCUT2D eigenvalue weighted by Gasteiger charge is 2.35. The van der Waals surface area contributed by atoms with Crippen molar-refractivity contribution in [1.82, 2.24) is 0 Å². The molecule has 0 heterocycles. The number of hydrogen-bond acceptors (Lipinski definition) is 3. The van der Waals surface area contributed by atoms with Gasteiger partial charge in [-0.05, 0) is 18.8 Å². The Kier molecular flexibility index (Phi) is 4.45. The molecule has 0 aromatic carbocycles. The molecule has 0 N–H and O–H groups in total. The number of methoxy groups -OCH3 is 2. The van der Waals surface area contributed by atoms with Crippen LogP contribution in [0.15, 0.2) is 11.5 Å². The normalized spacial score (nSPS) is 31.7. The van der Waals surface area contributed by atoms with Crippen LogP contribution in [0.5, 0.6) is 0 Å². The predicted octanol–water partition coefficient (Wildman–Crippen LogP) is 2.57. The molecule has 0 spiro atoms. The Labute approximate surface area is 92.4 Å². The molecule has 0 amide bonds. The number of hydrogen-bond donors (Lipinski definition) is 0. The van der Waals surface area contributed by atoms with Crippen molar-refractivity contribution in [2.24, 2.45) is 11.8 Å². The van der Waals surface area contributed by atoms with E-state index in [9.17, 15) is 0 Å². The zero-order valence-corrected chi connectivity index (χ0v) is 10.4. The maximum Gasteiger partial charge on any atom is 0.162 e. The first-order valence-corrected chi connectivity index (χ1v) is 5.58. The van der Waals surface area contributed by atoms with E-state index in [0.29, 0.717) is 18.4 Å². The van der Waals surface area contributed by atoms with E-state index in [1.54, 1.807) is 14.2 Å². The Balaban J connectivity index is 2.96. The minimum atomic E-state index is 0.0312. The molecule has 0 bridgehead atoms. The Hall–Kier alpha value is -0.700. The molecule has 88 valence electrons. The molecule has 3 unspecified atom stereocenters. The SMILES string of the molecule is CCOC1=C(OC)CC(C)C(C)C1OC. The Morgan fingerprint density at radius 1 is 1.27 bits per heavy atom. The fraction of sp³-hybridized carbons (Fsp3) is 0.833. The third kappa shape index (κ3) is 2.46. The molecule has 0 radical (unpaired) electrons. The predicted molar refractivity (Wildman–Crippen MR) is 59.4 cm³/mol. The third-order valence-electron chi connectivity index (χ3n) is 3.22. The van der Waals surface area contributed by atoms with Crippen LogP contribution in [0.1, 0.15) is 27.2 Å². The standard InChI is InChI=1S/C12H22O3/c1-6-15-12-10(13-4)7-8(2)9(3)11(12)14-5/h8-9,11H,6-7H2,1-5H3. The molecule has 3 nitrogen and oxygen atoms in total. The van der Waals surface area contributed by atoms with Gasteiger partial charge >= 0.3 is 0 Å². The minimum Gasteiger partial charge on any atom is -0.497 e. The van der Waals surface area contributed by atoms with Crippen LogP contribution in [0.4, 0.5) is 0 Å². The highest BCUT2D eigenvalue weighted by molar-refractivity contribution is 5.14. The van der Waals surface area contributed by atoms with Crippen LogP contribution in [0.2, 0.25) is 0 Å². The number of ether oxygens (including phenoxy) is 3. The van der Waals surface area contributed by atoms with Crippen molar-refractivity contribution in [3.05, 3.63) is 11.5 Å². The molecule has 0 fully saturated rings. The first-order valence-electron chi connectivity index (χ1n) is 5.58. The van der Waals surface area contributed by atoms with Crippen molar-refractivity contribution >= 4 is 0 Å². The van der Waals surface area contributed by atoms with Gasteiger partial charge in [0.2, 0.25) is 0 Å². The fourth-order valence-corrected chi connectivity index (χ4v) is 2.10. The summed E-state index contributed by atoms with van der Waals surface area (Å²) < 4.78 is 16.5. The lowest BCUT2D eigenvalue weighted by Crippen LogP contribution is -2.34. The topological polar surface area (TPSA) is 27.7 Å². The summed E-state index contributed by atoms with van der Waals surface area (Å²) in [4.78, 5) is 0. The van der Waals surface area contributed by atoms with Gasteiger partial charge < -0.3 is 14.2 Å². The molecular formula is C12H22O3. The van der Waals surface area contributed by atoms with Crippen LogP contribution < -0.4 is 0 Å². The van der Waals surface area contributed by atoms with Crippen LogP contribution in [-0.2, 0) is 14.2 Å². The zero-order valence-electron chi connectivity index (χ0n) is 10.4. The minimum absolute atomic E-state index is 0.0312. The molecular weight excluding hydrogens is 192 g/mol. The van der Waals surface area contributed by atoms with E-state index in [2.05, 4.69) is 13.8 Å². The zero-order chi connectivity index (χ0) is 11.4. The van der Waals surface area contributed by atoms with Gasteiger partial charge in [-0.2, -0.15) is 0 Å². The van der Waals surface area contributed by atoms with Gasteiger partial charge in [0, 0.05) is 13.5 Å². The van der Waals surface area contributed by atoms with Crippen molar-refractivity contribution in [3.8, 4) is 0 Å². The van der Waals surface area contributed by atoms with E-state index < -0.39 is 0 Å². The van der Waals surface area contributed by atoms with Crippen LogP contribution >= 0.6 is 0 Å². The second kappa shape index (κ2) is 5.40. The van der Waals surface area contributed by atoms with Gasteiger partial charge in [-0.15, -0.1) is 0 Å². The highest BCUT2D eigenvalue weighted by atomic mass is 16.5. The number of rotatable bonds is 4. The van der Waals surface area contributed by atoms with Crippen molar-refractivity contribution in [2.75, 3.05) is 20.8 Å². The maximum absolute atomic E-state index is 5.64. The lowest BCUT2D eigenvalue weighted by atomic mass is 9.81. The second-order valence-electron chi connectivity index (χ2n) is 4.12. The number of allylic oxidation sites excluding steroid dienone is 1. The van der Waals surface area contributed by atoms with Crippen LogP contribution in [0, 0.1) is 11.8 Å². The van der Waals surface area contributed by atoms with E-state index in [1.807, 2.05) is 6.92 Å². The van der Waals surface area contributed by atoms with Crippen molar-refractivity contribution in [2.45, 2.75) is 33.3 Å². The van der Waals surface area contributed by atoms with E-state index in [-0.39, 0.29) is 6.10 Å². The van der Waals surface area contributed by atoms with Crippen molar-refractivity contribution < 1.29 is 14.2 Å². The molecule has 0 saturated carbocycles. The lowest BCUT2D eigenvalue weighted by molar-refractivity contribution is -0.00944. The van der Waals surface area contributed by atoms with Gasteiger partial charge in [0.1, 0.15) is 11.9 Å². The molecule has 0 aromatic heterocycles. The quantitative estimate of drug-likeness (QED) is 0.720. The summed E-state index contributed by atoms with van der Waals surface area (Å²) in [6.45, 7) is 7.06. The molecule has 1 aliphatic rings. The molecule has 15 heavy (non-hydrogen) atoms. The van der Waals surface area contributed by atoms with Crippen LogP contribution in [0.3, 0.4) is 0 Å². The van der Waals surface area contributed by atoms with Crippen LogP contribution in [0.25, 0.3) is 0 Å². The summed E-state index contributed by atoms with van der Waals surface area (Å²) in [5.74, 6) is 2.85.